The fourth-order valence-corrected chi connectivity index (χ4v) is 3.31. The lowest BCUT2D eigenvalue weighted by Crippen LogP contribution is -2.42. The Balaban J connectivity index is 2.00. The fourth-order valence-electron chi connectivity index (χ4n) is 3.31. The molecule has 1 nitrogen and oxygen atoms in total. The van der Waals surface area contributed by atoms with Crippen LogP contribution >= 0.6 is 0 Å². The molecule has 0 saturated heterocycles. The highest BCUT2D eigenvalue weighted by molar-refractivity contribution is 5.39. The van der Waals surface area contributed by atoms with Gasteiger partial charge in [-0.05, 0) is 67.0 Å². The number of hydrogen-bond donors (Lipinski definition) is 1. The van der Waals surface area contributed by atoms with Crippen LogP contribution in [0.15, 0.2) is 42.5 Å². The minimum absolute atomic E-state index is 0.182. The smallest absolute Gasteiger partial charge is 0.123 e. The topological polar surface area (TPSA) is 26.0 Å². The molecule has 0 heterocycles. The van der Waals surface area contributed by atoms with Crippen LogP contribution in [0.1, 0.15) is 35.1 Å². The third-order valence-corrected chi connectivity index (χ3v) is 4.44. The zero-order valence-corrected chi connectivity index (χ0v) is 11.8. The van der Waals surface area contributed by atoms with E-state index in [1.165, 1.54) is 17.2 Å². The summed E-state index contributed by atoms with van der Waals surface area (Å²) in [5.74, 6) is -0.182. The summed E-state index contributed by atoms with van der Waals surface area (Å²) in [6, 6.07) is 13.4. The van der Waals surface area contributed by atoms with Gasteiger partial charge in [0.2, 0.25) is 0 Å². The summed E-state index contributed by atoms with van der Waals surface area (Å²) in [5.41, 5.74) is 11.0. The van der Waals surface area contributed by atoms with Gasteiger partial charge in [-0.25, -0.2) is 4.39 Å². The number of hydrogen-bond acceptors (Lipinski definition) is 1. The molecule has 1 atom stereocenters. The molecule has 2 heteroatoms. The van der Waals surface area contributed by atoms with Crippen molar-refractivity contribution in [3.8, 4) is 0 Å². The van der Waals surface area contributed by atoms with E-state index in [0.717, 1.165) is 30.4 Å². The Morgan fingerprint density at radius 1 is 1.20 bits per heavy atom. The minimum atomic E-state index is -0.368. The minimum Gasteiger partial charge on any atom is -0.321 e. The molecule has 1 aliphatic rings. The standard InChI is InChI=1S/C18H20FN/c1-13-8-9-16(19)11-15(13)12-18(20)10-4-6-14-5-2-3-7-17(14)18/h2-3,5,7-9,11H,4,6,10,12,20H2,1H3. The molecule has 0 radical (unpaired) electrons. The Morgan fingerprint density at radius 2 is 2.00 bits per heavy atom. The molecule has 0 spiro atoms. The Kier molecular flexibility index (Phi) is 3.35. The van der Waals surface area contributed by atoms with E-state index in [1.54, 1.807) is 6.07 Å². The average Bonchev–Trinajstić information content (AvgIpc) is 2.43. The van der Waals surface area contributed by atoms with Crippen LogP contribution in [-0.2, 0) is 18.4 Å². The van der Waals surface area contributed by atoms with Crippen LogP contribution in [0.25, 0.3) is 0 Å². The number of nitrogens with two attached hydrogens (primary N) is 1. The third kappa shape index (κ3) is 2.36. The number of aryl methyl sites for hydroxylation is 2. The van der Waals surface area contributed by atoms with Gasteiger partial charge in [0.05, 0.1) is 0 Å². The molecule has 1 unspecified atom stereocenters. The van der Waals surface area contributed by atoms with Crippen LogP contribution in [0.5, 0.6) is 0 Å². The number of halogens is 1. The number of rotatable bonds is 2. The van der Waals surface area contributed by atoms with Crippen molar-refractivity contribution >= 4 is 0 Å². The molecule has 0 saturated carbocycles. The van der Waals surface area contributed by atoms with Gasteiger partial charge in [0, 0.05) is 5.54 Å². The van der Waals surface area contributed by atoms with Crippen molar-refractivity contribution in [3.05, 3.63) is 70.5 Å². The van der Waals surface area contributed by atoms with Crippen LogP contribution in [0.2, 0.25) is 0 Å². The first-order valence-corrected chi connectivity index (χ1v) is 7.21. The number of benzene rings is 2. The predicted octanol–water partition coefficient (Wildman–Crippen LogP) is 3.87. The summed E-state index contributed by atoms with van der Waals surface area (Å²) in [6.07, 6.45) is 3.85. The summed E-state index contributed by atoms with van der Waals surface area (Å²) in [6.45, 7) is 2.02. The summed E-state index contributed by atoms with van der Waals surface area (Å²) < 4.78 is 13.5. The van der Waals surface area contributed by atoms with Crippen molar-refractivity contribution in [2.75, 3.05) is 0 Å². The van der Waals surface area contributed by atoms with Crippen LogP contribution < -0.4 is 5.73 Å². The lowest BCUT2D eigenvalue weighted by atomic mass is 9.73. The largest absolute Gasteiger partial charge is 0.321 e. The summed E-state index contributed by atoms with van der Waals surface area (Å²) >= 11 is 0. The molecule has 104 valence electrons. The molecule has 2 aromatic rings. The highest BCUT2D eigenvalue weighted by Gasteiger charge is 2.32. The first-order valence-electron chi connectivity index (χ1n) is 7.21. The zero-order valence-electron chi connectivity index (χ0n) is 11.8. The van der Waals surface area contributed by atoms with Gasteiger partial charge in [-0.3, -0.25) is 0 Å². The predicted molar refractivity (Wildman–Crippen MR) is 80.1 cm³/mol. The second kappa shape index (κ2) is 5.02. The van der Waals surface area contributed by atoms with Crippen molar-refractivity contribution in [2.24, 2.45) is 5.73 Å². The van der Waals surface area contributed by atoms with Crippen molar-refractivity contribution in [3.63, 3.8) is 0 Å². The fraction of sp³-hybridized carbons (Fsp3) is 0.333. The highest BCUT2D eigenvalue weighted by Crippen LogP contribution is 2.36. The SMILES string of the molecule is Cc1ccc(F)cc1CC1(N)CCCc2ccccc21. The van der Waals surface area contributed by atoms with Crippen molar-refractivity contribution < 1.29 is 4.39 Å². The maximum atomic E-state index is 13.5. The number of fused-ring (bicyclic) bond motifs is 1. The quantitative estimate of drug-likeness (QED) is 0.880. The Labute approximate surface area is 119 Å². The normalized spacial score (nSPS) is 21.6. The van der Waals surface area contributed by atoms with Crippen LogP contribution in [0.3, 0.4) is 0 Å². The van der Waals surface area contributed by atoms with Gasteiger partial charge in [0.15, 0.2) is 0 Å². The van der Waals surface area contributed by atoms with Gasteiger partial charge >= 0.3 is 0 Å². The van der Waals surface area contributed by atoms with E-state index in [-0.39, 0.29) is 11.4 Å². The van der Waals surface area contributed by atoms with E-state index in [9.17, 15) is 4.39 Å². The summed E-state index contributed by atoms with van der Waals surface area (Å²) in [7, 11) is 0. The van der Waals surface area contributed by atoms with Gasteiger partial charge in [-0.1, -0.05) is 30.3 Å². The Hall–Kier alpha value is -1.67. The molecule has 1 aliphatic carbocycles. The lowest BCUT2D eigenvalue weighted by Gasteiger charge is -2.36. The Bertz CT molecular complexity index is 635. The molecular weight excluding hydrogens is 249 g/mol. The molecular formula is C18H20FN. The van der Waals surface area contributed by atoms with Gasteiger partial charge in [-0.15, -0.1) is 0 Å². The molecule has 3 rings (SSSR count). The van der Waals surface area contributed by atoms with Crippen LogP contribution in [0, 0.1) is 12.7 Å². The van der Waals surface area contributed by atoms with Gasteiger partial charge in [0.1, 0.15) is 5.82 Å². The molecule has 0 fully saturated rings. The molecule has 2 N–H and O–H groups in total. The van der Waals surface area contributed by atoms with Crippen molar-refractivity contribution in [1.29, 1.82) is 0 Å². The molecule has 0 amide bonds. The maximum absolute atomic E-state index is 13.5. The average molecular weight is 269 g/mol. The Morgan fingerprint density at radius 3 is 2.85 bits per heavy atom. The monoisotopic (exact) mass is 269 g/mol. The maximum Gasteiger partial charge on any atom is 0.123 e. The van der Waals surface area contributed by atoms with Crippen LogP contribution in [0.4, 0.5) is 4.39 Å². The van der Waals surface area contributed by atoms with Gasteiger partial charge in [0.25, 0.3) is 0 Å². The molecule has 0 aromatic heterocycles. The first kappa shape index (κ1) is 13.3. The third-order valence-electron chi connectivity index (χ3n) is 4.44. The van der Waals surface area contributed by atoms with E-state index in [4.69, 9.17) is 5.73 Å². The van der Waals surface area contributed by atoms with Crippen molar-refractivity contribution in [2.45, 2.75) is 38.1 Å². The second-order valence-corrected chi connectivity index (χ2v) is 5.91. The summed E-state index contributed by atoms with van der Waals surface area (Å²) in [5, 5.41) is 0. The van der Waals surface area contributed by atoms with E-state index >= 15 is 0 Å². The first-order chi connectivity index (χ1) is 9.58. The molecule has 2 aromatic carbocycles. The van der Waals surface area contributed by atoms with Crippen molar-refractivity contribution in [1.82, 2.24) is 0 Å². The summed E-state index contributed by atoms with van der Waals surface area (Å²) in [4.78, 5) is 0. The molecule has 20 heavy (non-hydrogen) atoms. The van der Waals surface area contributed by atoms with Gasteiger partial charge < -0.3 is 5.73 Å². The second-order valence-electron chi connectivity index (χ2n) is 5.91. The molecule has 0 aliphatic heterocycles. The van der Waals surface area contributed by atoms with Gasteiger partial charge in [-0.2, -0.15) is 0 Å². The van der Waals surface area contributed by atoms with E-state index in [2.05, 4.69) is 18.2 Å². The lowest BCUT2D eigenvalue weighted by molar-refractivity contribution is 0.368. The van der Waals surface area contributed by atoms with Crippen LogP contribution in [-0.4, -0.2) is 0 Å². The zero-order chi connectivity index (χ0) is 14.2. The van der Waals surface area contributed by atoms with E-state index < -0.39 is 0 Å². The van der Waals surface area contributed by atoms with E-state index in [0.29, 0.717) is 6.42 Å². The molecule has 0 bridgehead atoms. The highest BCUT2D eigenvalue weighted by atomic mass is 19.1. The van der Waals surface area contributed by atoms with E-state index in [1.807, 2.05) is 19.1 Å².